The second-order valence-corrected chi connectivity index (χ2v) is 5.39. The Hall–Kier alpha value is -0.960. The third-order valence-corrected chi connectivity index (χ3v) is 3.58. The number of pyridine rings is 1. The van der Waals surface area contributed by atoms with Crippen molar-refractivity contribution in [3.63, 3.8) is 0 Å². The van der Waals surface area contributed by atoms with Gasteiger partial charge in [-0.1, -0.05) is 13.8 Å². The van der Waals surface area contributed by atoms with Gasteiger partial charge in [-0.05, 0) is 43.2 Å². The van der Waals surface area contributed by atoms with E-state index in [1.54, 1.807) is 6.07 Å². The molecule has 0 radical (unpaired) electrons. The Morgan fingerprint density at radius 2 is 2.12 bits per heavy atom. The second kappa shape index (κ2) is 5.13. The molecule has 2 nitrogen and oxygen atoms in total. The van der Waals surface area contributed by atoms with Crippen LogP contribution in [-0.2, 0) is 6.54 Å². The molecule has 17 heavy (non-hydrogen) atoms. The molecule has 0 bridgehead atoms. The summed E-state index contributed by atoms with van der Waals surface area (Å²) >= 11 is 0. The first-order valence-electron chi connectivity index (χ1n) is 6.45. The minimum absolute atomic E-state index is 0.169. The van der Waals surface area contributed by atoms with Crippen LogP contribution in [0, 0.1) is 11.7 Å². The molecule has 1 fully saturated rings. The Balaban J connectivity index is 1.96. The highest BCUT2D eigenvalue weighted by Crippen LogP contribution is 2.39. The summed E-state index contributed by atoms with van der Waals surface area (Å²) in [4.78, 5) is 4.23. The molecule has 0 amide bonds. The summed E-state index contributed by atoms with van der Waals surface area (Å²) in [7, 11) is 0. The fraction of sp³-hybridized carbons (Fsp3) is 0.643. The summed E-state index contributed by atoms with van der Waals surface area (Å²) in [5.74, 6) is 0.940. The molecule has 1 aromatic heterocycles. The van der Waals surface area contributed by atoms with Crippen molar-refractivity contribution in [3.05, 3.63) is 29.3 Å². The van der Waals surface area contributed by atoms with Gasteiger partial charge in [-0.3, -0.25) is 4.98 Å². The van der Waals surface area contributed by atoms with E-state index < -0.39 is 0 Å². The van der Waals surface area contributed by atoms with Crippen LogP contribution in [0.5, 0.6) is 0 Å². The standard InChI is InChI=1S/C14H21FN2/c1-9(2)10(3)16-8-14-13(15)6-12(7-17-14)11-4-5-11/h6-7,9-11,16H,4-5,8H2,1-3H3/t10-/m1/s1. The maximum atomic E-state index is 13.8. The Labute approximate surface area is 103 Å². The molecule has 0 saturated heterocycles. The van der Waals surface area contributed by atoms with E-state index >= 15 is 0 Å². The first-order valence-corrected chi connectivity index (χ1v) is 6.45. The molecule has 1 aromatic rings. The van der Waals surface area contributed by atoms with Crippen LogP contribution in [0.2, 0.25) is 0 Å². The van der Waals surface area contributed by atoms with E-state index in [-0.39, 0.29) is 5.82 Å². The Morgan fingerprint density at radius 1 is 1.41 bits per heavy atom. The average Bonchev–Trinajstić information content (AvgIpc) is 3.10. The predicted octanol–water partition coefficient (Wildman–Crippen LogP) is 3.23. The van der Waals surface area contributed by atoms with Crippen molar-refractivity contribution in [2.24, 2.45) is 5.92 Å². The number of hydrogen-bond acceptors (Lipinski definition) is 2. The van der Waals surface area contributed by atoms with Gasteiger partial charge in [0.2, 0.25) is 0 Å². The Bertz CT molecular complexity index is 386. The van der Waals surface area contributed by atoms with Gasteiger partial charge in [-0.15, -0.1) is 0 Å². The third kappa shape index (κ3) is 3.25. The van der Waals surface area contributed by atoms with Gasteiger partial charge in [-0.2, -0.15) is 0 Å². The van der Waals surface area contributed by atoms with Crippen LogP contribution >= 0.6 is 0 Å². The molecule has 0 spiro atoms. The zero-order valence-electron chi connectivity index (χ0n) is 10.8. The molecular weight excluding hydrogens is 215 g/mol. The minimum Gasteiger partial charge on any atom is -0.308 e. The highest BCUT2D eigenvalue weighted by atomic mass is 19.1. The number of hydrogen-bond donors (Lipinski definition) is 1. The quantitative estimate of drug-likeness (QED) is 0.849. The summed E-state index contributed by atoms with van der Waals surface area (Å²) < 4.78 is 13.8. The molecule has 0 aromatic carbocycles. The van der Waals surface area contributed by atoms with Crippen molar-refractivity contribution in [1.82, 2.24) is 10.3 Å². The van der Waals surface area contributed by atoms with Gasteiger partial charge in [0.25, 0.3) is 0 Å². The molecule has 0 aliphatic heterocycles. The Kier molecular flexibility index (Phi) is 3.77. The fourth-order valence-corrected chi connectivity index (χ4v) is 1.74. The summed E-state index contributed by atoms with van der Waals surface area (Å²) in [5.41, 5.74) is 1.59. The van der Waals surface area contributed by atoms with Crippen molar-refractivity contribution in [2.45, 2.75) is 52.1 Å². The SMILES string of the molecule is CC(C)[C@@H](C)NCc1ncc(C2CC2)cc1F. The lowest BCUT2D eigenvalue weighted by Gasteiger charge is -2.17. The average molecular weight is 236 g/mol. The maximum Gasteiger partial charge on any atom is 0.146 e. The monoisotopic (exact) mass is 236 g/mol. The molecule has 1 atom stereocenters. The van der Waals surface area contributed by atoms with E-state index in [9.17, 15) is 4.39 Å². The second-order valence-electron chi connectivity index (χ2n) is 5.39. The number of halogens is 1. The lowest BCUT2D eigenvalue weighted by Crippen LogP contribution is -2.30. The first-order chi connectivity index (χ1) is 8.08. The van der Waals surface area contributed by atoms with Crippen molar-refractivity contribution >= 4 is 0 Å². The van der Waals surface area contributed by atoms with Gasteiger partial charge in [0.1, 0.15) is 5.82 Å². The van der Waals surface area contributed by atoms with Gasteiger partial charge in [0.15, 0.2) is 0 Å². The van der Waals surface area contributed by atoms with Crippen LogP contribution in [0.3, 0.4) is 0 Å². The summed E-state index contributed by atoms with van der Waals surface area (Å²) in [5, 5.41) is 3.30. The number of aromatic nitrogens is 1. The van der Waals surface area contributed by atoms with Crippen LogP contribution in [0.25, 0.3) is 0 Å². The van der Waals surface area contributed by atoms with Gasteiger partial charge < -0.3 is 5.32 Å². The zero-order valence-corrected chi connectivity index (χ0v) is 10.8. The molecule has 1 N–H and O–H groups in total. The summed E-state index contributed by atoms with van der Waals surface area (Å²) in [6.45, 7) is 6.92. The topological polar surface area (TPSA) is 24.9 Å². The molecule has 1 heterocycles. The van der Waals surface area contributed by atoms with E-state index in [1.165, 1.54) is 12.8 Å². The molecule has 1 saturated carbocycles. The molecule has 94 valence electrons. The van der Waals surface area contributed by atoms with E-state index in [2.05, 4.69) is 31.1 Å². The van der Waals surface area contributed by atoms with Crippen LogP contribution < -0.4 is 5.32 Å². The molecular formula is C14H21FN2. The number of nitrogens with one attached hydrogen (secondary N) is 1. The van der Waals surface area contributed by atoms with Gasteiger partial charge in [0.05, 0.1) is 5.69 Å². The largest absolute Gasteiger partial charge is 0.308 e. The minimum atomic E-state index is -0.169. The van der Waals surface area contributed by atoms with Crippen molar-refractivity contribution in [3.8, 4) is 0 Å². The van der Waals surface area contributed by atoms with E-state index in [0.29, 0.717) is 30.1 Å². The fourth-order valence-electron chi connectivity index (χ4n) is 1.74. The molecule has 1 aliphatic carbocycles. The van der Waals surface area contributed by atoms with Crippen molar-refractivity contribution in [1.29, 1.82) is 0 Å². The number of rotatable bonds is 5. The molecule has 2 rings (SSSR count). The molecule has 1 aliphatic rings. The summed E-state index contributed by atoms with van der Waals surface area (Å²) in [6.07, 6.45) is 4.20. The predicted molar refractivity (Wildman–Crippen MR) is 67.3 cm³/mol. The zero-order chi connectivity index (χ0) is 12.4. The Morgan fingerprint density at radius 3 is 2.65 bits per heavy atom. The van der Waals surface area contributed by atoms with E-state index in [4.69, 9.17) is 0 Å². The summed E-state index contributed by atoms with van der Waals surface area (Å²) in [6, 6.07) is 2.03. The normalized spacial score (nSPS) is 17.5. The van der Waals surface area contributed by atoms with Crippen LogP contribution in [0.15, 0.2) is 12.3 Å². The first kappa shape index (κ1) is 12.5. The maximum absolute atomic E-state index is 13.8. The highest BCUT2D eigenvalue weighted by Gasteiger charge is 2.24. The van der Waals surface area contributed by atoms with Crippen molar-refractivity contribution < 1.29 is 4.39 Å². The number of nitrogens with zero attached hydrogens (tertiary/aromatic N) is 1. The van der Waals surface area contributed by atoms with Gasteiger partial charge in [0, 0.05) is 18.8 Å². The van der Waals surface area contributed by atoms with E-state index in [1.807, 2.05) is 6.20 Å². The lowest BCUT2D eigenvalue weighted by molar-refractivity contribution is 0.418. The molecule has 3 heteroatoms. The van der Waals surface area contributed by atoms with Crippen LogP contribution in [-0.4, -0.2) is 11.0 Å². The van der Waals surface area contributed by atoms with Gasteiger partial charge in [-0.25, -0.2) is 4.39 Å². The lowest BCUT2D eigenvalue weighted by atomic mass is 10.1. The van der Waals surface area contributed by atoms with E-state index in [0.717, 1.165) is 5.56 Å². The van der Waals surface area contributed by atoms with Gasteiger partial charge >= 0.3 is 0 Å². The molecule has 0 unspecified atom stereocenters. The third-order valence-electron chi connectivity index (χ3n) is 3.58. The van der Waals surface area contributed by atoms with Crippen LogP contribution in [0.1, 0.15) is 50.8 Å². The highest BCUT2D eigenvalue weighted by molar-refractivity contribution is 5.23. The van der Waals surface area contributed by atoms with Crippen molar-refractivity contribution in [2.75, 3.05) is 0 Å². The van der Waals surface area contributed by atoms with Crippen LogP contribution in [0.4, 0.5) is 4.39 Å². The smallest absolute Gasteiger partial charge is 0.146 e.